The lowest BCUT2D eigenvalue weighted by atomic mass is 10.00. The predicted octanol–water partition coefficient (Wildman–Crippen LogP) is 0.219. The molecule has 0 bridgehead atoms. The van der Waals surface area contributed by atoms with Gasteiger partial charge in [-0.2, -0.15) is 0 Å². The van der Waals surface area contributed by atoms with Gasteiger partial charge in [0.15, 0.2) is 0 Å². The molecule has 0 aromatic heterocycles. The Kier molecular flexibility index (Phi) is 4.35. The molecule has 0 spiro atoms. The standard InChI is InChI=1S/C10H20N2O2/c1-8(11)10(13)12(2)7-9-3-5-14-6-4-9/h8-9H,3-7,11H2,1-2H3. The van der Waals surface area contributed by atoms with Gasteiger partial charge in [-0.25, -0.2) is 0 Å². The van der Waals surface area contributed by atoms with Crippen LogP contribution in [-0.4, -0.2) is 43.7 Å². The lowest BCUT2D eigenvalue weighted by molar-refractivity contribution is -0.131. The van der Waals surface area contributed by atoms with E-state index >= 15 is 0 Å². The second-order valence-electron chi connectivity index (χ2n) is 4.06. The number of hydrogen-bond donors (Lipinski definition) is 1. The van der Waals surface area contributed by atoms with Gasteiger partial charge in [0, 0.05) is 26.8 Å². The number of carbonyl (C=O) groups excluding carboxylic acids is 1. The summed E-state index contributed by atoms with van der Waals surface area (Å²) in [6, 6.07) is -0.389. The van der Waals surface area contributed by atoms with E-state index in [0.717, 1.165) is 32.6 Å². The summed E-state index contributed by atoms with van der Waals surface area (Å²) >= 11 is 0. The van der Waals surface area contributed by atoms with E-state index in [1.54, 1.807) is 11.8 Å². The van der Waals surface area contributed by atoms with E-state index in [1.807, 2.05) is 7.05 Å². The first-order valence-electron chi connectivity index (χ1n) is 5.19. The summed E-state index contributed by atoms with van der Waals surface area (Å²) in [5, 5.41) is 0. The number of likely N-dealkylation sites (N-methyl/N-ethyl adjacent to an activating group) is 1. The summed E-state index contributed by atoms with van der Waals surface area (Å²) in [5.74, 6) is 0.605. The van der Waals surface area contributed by atoms with Gasteiger partial charge in [0.25, 0.3) is 0 Å². The van der Waals surface area contributed by atoms with Crippen molar-refractivity contribution in [2.24, 2.45) is 11.7 Å². The zero-order valence-corrected chi connectivity index (χ0v) is 9.03. The molecule has 1 unspecified atom stereocenters. The average Bonchev–Trinajstić information content (AvgIpc) is 2.18. The van der Waals surface area contributed by atoms with Gasteiger partial charge < -0.3 is 15.4 Å². The van der Waals surface area contributed by atoms with Crippen LogP contribution < -0.4 is 5.73 Å². The molecule has 1 saturated heterocycles. The smallest absolute Gasteiger partial charge is 0.238 e. The van der Waals surface area contributed by atoms with Gasteiger partial charge in [0.1, 0.15) is 0 Å². The van der Waals surface area contributed by atoms with Crippen molar-refractivity contribution in [3.05, 3.63) is 0 Å². The Labute approximate surface area is 85.4 Å². The van der Waals surface area contributed by atoms with Gasteiger partial charge in [0.05, 0.1) is 6.04 Å². The molecule has 4 nitrogen and oxygen atoms in total. The Bertz CT molecular complexity index is 189. The summed E-state index contributed by atoms with van der Waals surface area (Å²) < 4.78 is 5.26. The van der Waals surface area contributed by atoms with E-state index in [9.17, 15) is 4.79 Å². The minimum Gasteiger partial charge on any atom is -0.381 e. The van der Waals surface area contributed by atoms with E-state index in [4.69, 9.17) is 10.5 Å². The summed E-state index contributed by atoms with van der Waals surface area (Å²) in [5.41, 5.74) is 5.53. The van der Waals surface area contributed by atoms with Crippen LogP contribution in [-0.2, 0) is 9.53 Å². The Morgan fingerprint density at radius 3 is 2.64 bits per heavy atom. The van der Waals surface area contributed by atoms with E-state index in [-0.39, 0.29) is 11.9 Å². The highest BCUT2D eigenvalue weighted by Gasteiger charge is 2.19. The highest BCUT2D eigenvalue weighted by molar-refractivity contribution is 5.80. The van der Waals surface area contributed by atoms with Crippen molar-refractivity contribution in [1.82, 2.24) is 4.90 Å². The van der Waals surface area contributed by atoms with Crippen molar-refractivity contribution in [3.63, 3.8) is 0 Å². The minimum absolute atomic E-state index is 0.0245. The maximum absolute atomic E-state index is 11.5. The number of ether oxygens (including phenoxy) is 1. The molecule has 0 aliphatic carbocycles. The van der Waals surface area contributed by atoms with E-state index in [0.29, 0.717) is 5.92 Å². The highest BCUT2D eigenvalue weighted by atomic mass is 16.5. The van der Waals surface area contributed by atoms with Gasteiger partial charge in [0.2, 0.25) is 5.91 Å². The molecule has 0 saturated carbocycles. The quantitative estimate of drug-likeness (QED) is 0.709. The average molecular weight is 200 g/mol. The van der Waals surface area contributed by atoms with E-state index < -0.39 is 0 Å². The molecule has 1 aliphatic rings. The van der Waals surface area contributed by atoms with Gasteiger partial charge in [-0.05, 0) is 25.7 Å². The van der Waals surface area contributed by atoms with E-state index in [1.165, 1.54) is 0 Å². The van der Waals surface area contributed by atoms with Crippen molar-refractivity contribution < 1.29 is 9.53 Å². The van der Waals surface area contributed by atoms with Gasteiger partial charge in [-0.15, -0.1) is 0 Å². The highest BCUT2D eigenvalue weighted by Crippen LogP contribution is 2.15. The van der Waals surface area contributed by atoms with Crippen LogP contribution in [0.4, 0.5) is 0 Å². The number of amides is 1. The molecular weight excluding hydrogens is 180 g/mol. The molecule has 1 atom stereocenters. The molecule has 1 aliphatic heterocycles. The second kappa shape index (κ2) is 5.32. The summed E-state index contributed by atoms with van der Waals surface area (Å²) in [7, 11) is 1.82. The van der Waals surface area contributed by atoms with Crippen LogP contribution in [0.15, 0.2) is 0 Å². The van der Waals surface area contributed by atoms with Gasteiger partial charge in [-0.1, -0.05) is 0 Å². The molecule has 2 N–H and O–H groups in total. The first-order chi connectivity index (χ1) is 6.61. The van der Waals surface area contributed by atoms with Crippen LogP contribution in [0.3, 0.4) is 0 Å². The van der Waals surface area contributed by atoms with Crippen molar-refractivity contribution in [3.8, 4) is 0 Å². The monoisotopic (exact) mass is 200 g/mol. The maximum Gasteiger partial charge on any atom is 0.238 e. The van der Waals surface area contributed by atoms with E-state index in [2.05, 4.69) is 0 Å². The van der Waals surface area contributed by atoms with Crippen molar-refractivity contribution >= 4 is 5.91 Å². The molecular formula is C10H20N2O2. The fraction of sp³-hybridized carbons (Fsp3) is 0.900. The second-order valence-corrected chi connectivity index (χ2v) is 4.06. The van der Waals surface area contributed by atoms with Crippen LogP contribution in [0.5, 0.6) is 0 Å². The first-order valence-corrected chi connectivity index (χ1v) is 5.19. The van der Waals surface area contributed by atoms with Gasteiger partial charge >= 0.3 is 0 Å². The maximum atomic E-state index is 11.5. The zero-order chi connectivity index (χ0) is 10.6. The molecule has 1 rings (SSSR count). The third-order valence-corrected chi connectivity index (χ3v) is 2.64. The van der Waals surface area contributed by atoms with Crippen LogP contribution in [0.25, 0.3) is 0 Å². The SMILES string of the molecule is CC(N)C(=O)N(C)CC1CCOCC1. The molecule has 0 radical (unpaired) electrons. The normalized spacial score (nSPS) is 20.5. The Balaban J connectivity index is 2.31. The summed E-state index contributed by atoms with van der Waals surface area (Å²) in [6.45, 7) is 4.18. The molecule has 0 aromatic rings. The molecule has 1 amide bonds. The number of nitrogens with zero attached hydrogens (tertiary/aromatic N) is 1. The molecule has 82 valence electrons. The first kappa shape index (κ1) is 11.5. The van der Waals surface area contributed by atoms with Crippen molar-refractivity contribution in [2.75, 3.05) is 26.8 Å². The zero-order valence-electron chi connectivity index (χ0n) is 9.03. The largest absolute Gasteiger partial charge is 0.381 e. The predicted molar refractivity (Wildman–Crippen MR) is 54.8 cm³/mol. The fourth-order valence-electron chi connectivity index (χ4n) is 1.75. The minimum atomic E-state index is -0.389. The lowest BCUT2D eigenvalue weighted by Crippen LogP contribution is -2.42. The van der Waals surface area contributed by atoms with Crippen molar-refractivity contribution in [1.29, 1.82) is 0 Å². The summed E-state index contributed by atoms with van der Waals surface area (Å²) in [4.78, 5) is 13.2. The third-order valence-electron chi connectivity index (χ3n) is 2.64. The van der Waals surface area contributed by atoms with Crippen LogP contribution in [0, 0.1) is 5.92 Å². The molecule has 1 fully saturated rings. The molecule has 0 aromatic carbocycles. The summed E-state index contributed by atoms with van der Waals surface area (Å²) in [6.07, 6.45) is 2.10. The Morgan fingerprint density at radius 1 is 1.57 bits per heavy atom. The molecule has 14 heavy (non-hydrogen) atoms. The number of carbonyl (C=O) groups is 1. The Morgan fingerprint density at radius 2 is 2.14 bits per heavy atom. The van der Waals surface area contributed by atoms with Crippen LogP contribution in [0.1, 0.15) is 19.8 Å². The van der Waals surface area contributed by atoms with Crippen molar-refractivity contribution in [2.45, 2.75) is 25.8 Å². The Hall–Kier alpha value is -0.610. The number of nitrogens with two attached hydrogens (primary N) is 1. The molecule has 1 heterocycles. The fourth-order valence-corrected chi connectivity index (χ4v) is 1.75. The van der Waals surface area contributed by atoms with Gasteiger partial charge in [-0.3, -0.25) is 4.79 Å². The lowest BCUT2D eigenvalue weighted by Gasteiger charge is -2.28. The molecule has 4 heteroatoms. The topological polar surface area (TPSA) is 55.6 Å². The third kappa shape index (κ3) is 3.27. The number of rotatable bonds is 3. The van der Waals surface area contributed by atoms with Crippen LogP contribution in [0.2, 0.25) is 0 Å². The number of hydrogen-bond acceptors (Lipinski definition) is 3. The van der Waals surface area contributed by atoms with Crippen LogP contribution >= 0.6 is 0 Å².